The first-order valence-corrected chi connectivity index (χ1v) is 6.02. The number of methoxy groups -OCH3 is 1. The van der Waals surface area contributed by atoms with Crippen LogP contribution in [0.4, 0.5) is 4.39 Å². The monoisotopic (exact) mass is 252 g/mol. The van der Waals surface area contributed by atoms with Gasteiger partial charge in [0.05, 0.1) is 13.2 Å². The summed E-state index contributed by atoms with van der Waals surface area (Å²) >= 11 is 0. The Balaban J connectivity index is 2.19. The predicted molar refractivity (Wildman–Crippen MR) is 66.3 cm³/mol. The van der Waals surface area contributed by atoms with Gasteiger partial charge in [0.2, 0.25) is 0 Å². The van der Waals surface area contributed by atoms with Crippen molar-refractivity contribution in [3.8, 4) is 5.75 Å². The second kappa shape index (κ2) is 5.35. The number of nitrogens with zero attached hydrogens (tertiary/aromatic N) is 1. The van der Waals surface area contributed by atoms with E-state index >= 15 is 0 Å². The van der Waals surface area contributed by atoms with Gasteiger partial charge in [-0.1, -0.05) is 0 Å². The van der Waals surface area contributed by atoms with Crippen molar-refractivity contribution in [2.75, 3.05) is 26.7 Å². The van der Waals surface area contributed by atoms with Crippen LogP contribution in [0.2, 0.25) is 0 Å². The molecule has 0 spiro atoms. The first kappa shape index (κ1) is 12.8. The van der Waals surface area contributed by atoms with E-state index in [-0.39, 0.29) is 17.7 Å². The number of carbonyl (C=O) groups is 1. The fourth-order valence-corrected chi connectivity index (χ4v) is 2.03. The van der Waals surface area contributed by atoms with Crippen LogP contribution in [-0.2, 0) is 0 Å². The summed E-state index contributed by atoms with van der Waals surface area (Å²) in [6.07, 6.45) is 0. The molecule has 1 heterocycles. The van der Waals surface area contributed by atoms with Gasteiger partial charge in [-0.25, -0.2) is 4.39 Å². The minimum Gasteiger partial charge on any atom is -0.494 e. The fraction of sp³-hybridized carbons (Fsp3) is 0.462. The predicted octanol–water partition coefficient (Wildman–Crippen LogP) is 1.27. The van der Waals surface area contributed by atoms with Crippen molar-refractivity contribution in [2.24, 2.45) is 0 Å². The maximum absolute atomic E-state index is 13.6. The van der Waals surface area contributed by atoms with Crippen LogP contribution in [-0.4, -0.2) is 43.6 Å². The van der Waals surface area contributed by atoms with Crippen LogP contribution in [0.5, 0.6) is 5.75 Å². The van der Waals surface area contributed by atoms with Crippen molar-refractivity contribution in [1.82, 2.24) is 10.2 Å². The number of halogens is 1. The van der Waals surface area contributed by atoms with Gasteiger partial charge in [0, 0.05) is 25.2 Å². The Morgan fingerprint density at radius 1 is 1.56 bits per heavy atom. The topological polar surface area (TPSA) is 41.6 Å². The molecule has 0 aromatic heterocycles. The number of rotatable bonds is 4. The molecule has 0 saturated carbocycles. The van der Waals surface area contributed by atoms with Crippen molar-refractivity contribution < 1.29 is 13.9 Å². The van der Waals surface area contributed by atoms with Gasteiger partial charge in [0.1, 0.15) is 0 Å². The summed E-state index contributed by atoms with van der Waals surface area (Å²) in [6.45, 7) is 4.16. The summed E-state index contributed by atoms with van der Waals surface area (Å²) in [6, 6.07) is 4.53. The van der Waals surface area contributed by atoms with Gasteiger partial charge < -0.3 is 15.0 Å². The number of likely N-dealkylation sites (N-methyl/N-ethyl adjacent to an activating group) is 1. The highest BCUT2D eigenvalue weighted by atomic mass is 19.1. The molecular weight excluding hydrogens is 235 g/mol. The molecule has 0 atom stereocenters. The molecule has 1 fully saturated rings. The number of hydrogen-bond donors (Lipinski definition) is 1. The van der Waals surface area contributed by atoms with Gasteiger partial charge in [-0.3, -0.25) is 4.79 Å². The Labute approximate surface area is 106 Å². The maximum Gasteiger partial charge on any atom is 0.254 e. The van der Waals surface area contributed by atoms with Gasteiger partial charge >= 0.3 is 0 Å². The maximum atomic E-state index is 13.6. The first-order valence-electron chi connectivity index (χ1n) is 6.02. The lowest BCUT2D eigenvalue weighted by Gasteiger charge is -2.37. The normalized spacial score (nSPS) is 15.1. The second-order valence-corrected chi connectivity index (χ2v) is 4.25. The SMILES string of the molecule is CCN(C(=O)c1ccc(OC)c(F)c1)C1CNC1. The number of hydrogen-bond acceptors (Lipinski definition) is 3. The van der Waals surface area contributed by atoms with Crippen LogP contribution in [0.3, 0.4) is 0 Å². The number of amides is 1. The van der Waals surface area contributed by atoms with E-state index in [0.29, 0.717) is 12.1 Å². The second-order valence-electron chi connectivity index (χ2n) is 4.25. The molecule has 0 radical (unpaired) electrons. The zero-order valence-corrected chi connectivity index (χ0v) is 10.6. The average Bonchev–Trinajstić information content (AvgIpc) is 2.32. The lowest BCUT2D eigenvalue weighted by atomic mass is 10.1. The number of ether oxygens (including phenoxy) is 1. The van der Waals surface area contributed by atoms with Crippen LogP contribution >= 0.6 is 0 Å². The summed E-state index contributed by atoms with van der Waals surface area (Å²) < 4.78 is 18.4. The molecule has 1 saturated heterocycles. The van der Waals surface area contributed by atoms with E-state index in [0.717, 1.165) is 13.1 Å². The standard InChI is InChI=1S/C13H17FN2O2/c1-3-16(10-7-15-8-10)13(17)9-4-5-12(18-2)11(14)6-9/h4-6,10,15H,3,7-8H2,1-2H3. The van der Waals surface area contributed by atoms with Crippen molar-refractivity contribution in [2.45, 2.75) is 13.0 Å². The quantitative estimate of drug-likeness (QED) is 0.877. The number of carbonyl (C=O) groups excluding carboxylic acids is 1. The average molecular weight is 252 g/mol. The third-order valence-electron chi connectivity index (χ3n) is 3.20. The third-order valence-corrected chi connectivity index (χ3v) is 3.20. The van der Waals surface area contributed by atoms with E-state index in [4.69, 9.17) is 4.74 Å². The van der Waals surface area contributed by atoms with Gasteiger partial charge in [0.25, 0.3) is 5.91 Å². The summed E-state index contributed by atoms with van der Waals surface area (Å²) in [5, 5.41) is 3.12. The lowest BCUT2D eigenvalue weighted by Crippen LogP contribution is -2.58. The molecule has 1 aromatic carbocycles. The van der Waals surface area contributed by atoms with E-state index in [9.17, 15) is 9.18 Å². The van der Waals surface area contributed by atoms with Gasteiger partial charge in [0.15, 0.2) is 11.6 Å². The molecule has 1 aromatic rings. The first-order chi connectivity index (χ1) is 8.67. The molecule has 0 bridgehead atoms. The zero-order valence-electron chi connectivity index (χ0n) is 10.6. The van der Waals surface area contributed by atoms with Crippen LogP contribution in [0, 0.1) is 5.82 Å². The molecule has 0 aliphatic carbocycles. The minimum absolute atomic E-state index is 0.134. The molecule has 2 rings (SSSR count). The molecule has 98 valence electrons. The van der Waals surface area contributed by atoms with Crippen LogP contribution in [0.25, 0.3) is 0 Å². The van der Waals surface area contributed by atoms with Crippen molar-refractivity contribution >= 4 is 5.91 Å². The summed E-state index contributed by atoms with van der Waals surface area (Å²) in [7, 11) is 1.40. The Kier molecular flexibility index (Phi) is 3.81. The molecule has 4 nitrogen and oxygen atoms in total. The molecule has 1 N–H and O–H groups in total. The lowest BCUT2D eigenvalue weighted by molar-refractivity contribution is 0.0629. The van der Waals surface area contributed by atoms with Gasteiger partial charge in [-0.2, -0.15) is 0 Å². The molecule has 1 aliphatic rings. The molecular formula is C13H17FN2O2. The summed E-state index contributed by atoms with van der Waals surface area (Å²) in [5.74, 6) is -0.489. The van der Waals surface area contributed by atoms with Crippen molar-refractivity contribution in [3.05, 3.63) is 29.6 Å². The molecule has 0 unspecified atom stereocenters. The molecule has 18 heavy (non-hydrogen) atoms. The Hall–Kier alpha value is -1.62. The Bertz CT molecular complexity index is 447. The van der Waals surface area contributed by atoms with Crippen LogP contribution < -0.4 is 10.1 Å². The largest absolute Gasteiger partial charge is 0.494 e. The minimum atomic E-state index is -0.508. The highest BCUT2D eigenvalue weighted by molar-refractivity contribution is 5.94. The summed E-state index contributed by atoms with van der Waals surface area (Å²) in [4.78, 5) is 14.0. The number of benzene rings is 1. The Morgan fingerprint density at radius 2 is 2.28 bits per heavy atom. The van der Waals surface area contributed by atoms with E-state index in [1.807, 2.05) is 6.92 Å². The molecule has 5 heteroatoms. The van der Waals surface area contributed by atoms with E-state index in [1.54, 1.807) is 11.0 Å². The van der Waals surface area contributed by atoms with Crippen molar-refractivity contribution in [3.63, 3.8) is 0 Å². The summed E-state index contributed by atoms with van der Waals surface area (Å²) in [5.41, 5.74) is 0.363. The Morgan fingerprint density at radius 3 is 2.72 bits per heavy atom. The highest BCUT2D eigenvalue weighted by Gasteiger charge is 2.28. The zero-order chi connectivity index (χ0) is 13.1. The van der Waals surface area contributed by atoms with E-state index < -0.39 is 5.82 Å². The van der Waals surface area contributed by atoms with Crippen LogP contribution in [0.15, 0.2) is 18.2 Å². The highest BCUT2D eigenvalue weighted by Crippen LogP contribution is 2.19. The fourth-order valence-electron chi connectivity index (χ4n) is 2.03. The van der Waals surface area contributed by atoms with E-state index in [2.05, 4.69) is 5.32 Å². The van der Waals surface area contributed by atoms with Gasteiger partial charge in [-0.15, -0.1) is 0 Å². The molecule has 1 aliphatic heterocycles. The van der Waals surface area contributed by atoms with Crippen LogP contribution in [0.1, 0.15) is 17.3 Å². The molecule has 1 amide bonds. The van der Waals surface area contributed by atoms with Gasteiger partial charge in [-0.05, 0) is 25.1 Å². The number of nitrogens with one attached hydrogen (secondary N) is 1. The van der Waals surface area contributed by atoms with E-state index in [1.165, 1.54) is 19.2 Å². The van der Waals surface area contributed by atoms with Crippen molar-refractivity contribution in [1.29, 1.82) is 0 Å². The third kappa shape index (κ3) is 2.31. The smallest absolute Gasteiger partial charge is 0.254 e.